The van der Waals surface area contributed by atoms with Gasteiger partial charge < -0.3 is 10.4 Å². The Morgan fingerprint density at radius 1 is 1.21 bits per heavy atom. The third-order valence-corrected chi connectivity index (χ3v) is 3.35. The lowest BCUT2D eigenvalue weighted by Crippen LogP contribution is -2.28. The van der Waals surface area contributed by atoms with Crippen molar-refractivity contribution in [1.82, 2.24) is 10.3 Å². The molecule has 2 unspecified atom stereocenters. The minimum atomic E-state index is -0.226. The van der Waals surface area contributed by atoms with E-state index in [1.54, 1.807) is 0 Å². The molecule has 19 heavy (non-hydrogen) atoms. The number of aliphatic hydroxyl groups excluding tert-OH is 1. The Kier molecular flexibility index (Phi) is 7.03. The molecule has 0 aliphatic carbocycles. The van der Waals surface area contributed by atoms with E-state index in [0.29, 0.717) is 11.8 Å². The number of aliphatic hydroxyl groups is 1. The Hall–Kier alpha value is -0.930. The Morgan fingerprint density at radius 3 is 2.47 bits per heavy atom. The number of hydrogen-bond acceptors (Lipinski definition) is 3. The van der Waals surface area contributed by atoms with Gasteiger partial charge in [0.1, 0.15) is 0 Å². The smallest absolute Gasteiger partial charge is 0.0575 e. The molecular formula is C16H28N2O. The number of nitrogens with zero attached hydrogens (tertiary/aromatic N) is 1. The SMILES string of the molecule is CC(C)CC(NCCC(O)C(C)C)c1ccccn1. The summed E-state index contributed by atoms with van der Waals surface area (Å²) in [6.07, 6.45) is 3.47. The highest BCUT2D eigenvalue weighted by atomic mass is 16.3. The van der Waals surface area contributed by atoms with Gasteiger partial charge in [-0.05, 0) is 43.4 Å². The maximum Gasteiger partial charge on any atom is 0.0575 e. The molecule has 2 N–H and O–H groups in total. The first-order valence-corrected chi connectivity index (χ1v) is 7.33. The van der Waals surface area contributed by atoms with Crippen molar-refractivity contribution >= 4 is 0 Å². The molecule has 0 aromatic carbocycles. The van der Waals surface area contributed by atoms with E-state index in [4.69, 9.17) is 0 Å². The van der Waals surface area contributed by atoms with Crippen LogP contribution in [0.3, 0.4) is 0 Å². The third kappa shape index (κ3) is 6.17. The molecule has 0 amide bonds. The largest absolute Gasteiger partial charge is 0.393 e. The first-order chi connectivity index (χ1) is 9.00. The van der Waals surface area contributed by atoms with Gasteiger partial charge in [0, 0.05) is 12.2 Å². The highest BCUT2D eigenvalue weighted by molar-refractivity contribution is 5.08. The van der Waals surface area contributed by atoms with E-state index in [1.807, 2.05) is 18.3 Å². The molecule has 0 radical (unpaired) electrons. The number of rotatable bonds is 8. The Balaban J connectivity index is 2.52. The lowest BCUT2D eigenvalue weighted by atomic mass is 9.99. The molecule has 1 rings (SSSR count). The quantitative estimate of drug-likeness (QED) is 0.758. The van der Waals surface area contributed by atoms with Gasteiger partial charge in [0.25, 0.3) is 0 Å². The summed E-state index contributed by atoms with van der Waals surface area (Å²) in [4.78, 5) is 4.44. The van der Waals surface area contributed by atoms with Gasteiger partial charge >= 0.3 is 0 Å². The van der Waals surface area contributed by atoms with E-state index >= 15 is 0 Å². The minimum Gasteiger partial charge on any atom is -0.393 e. The highest BCUT2D eigenvalue weighted by Gasteiger charge is 2.15. The standard InChI is InChI=1S/C16H28N2O/c1-12(2)11-15(14-7-5-6-9-17-14)18-10-8-16(19)13(3)4/h5-7,9,12-13,15-16,18-19H,8,10-11H2,1-4H3. The molecule has 0 aliphatic heterocycles. The van der Waals surface area contributed by atoms with Gasteiger partial charge in [-0.3, -0.25) is 4.98 Å². The first kappa shape index (κ1) is 16.1. The zero-order chi connectivity index (χ0) is 14.3. The van der Waals surface area contributed by atoms with Crippen LogP contribution in [0.2, 0.25) is 0 Å². The molecule has 0 saturated heterocycles. The maximum absolute atomic E-state index is 9.84. The van der Waals surface area contributed by atoms with Crippen LogP contribution < -0.4 is 5.32 Å². The number of pyridine rings is 1. The van der Waals surface area contributed by atoms with E-state index in [2.05, 4.69) is 44.1 Å². The normalized spacial score (nSPS) is 14.9. The van der Waals surface area contributed by atoms with E-state index in [0.717, 1.165) is 25.1 Å². The fraction of sp³-hybridized carbons (Fsp3) is 0.688. The van der Waals surface area contributed by atoms with E-state index in [-0.39, 0.29) is 12.1 Å². The Bertz CT molecular complexity index is 338. The van der Waals surface area contributed by atoms with Crippen LogP contribution in [0.5, 0.6) is 0 Å². The Morgan fingerprint density at radius 2 is 1.95 bits per heavy atom. The lowest BCUT2D eigenvalue weighted by molar-refractivity contribution is 0.114. The molecular weight excluding hydrogens is 236 g/mol. The van der Waals surface area contributed by atoms with Crippen LogP contribution in [0, 0.1) is 11.8 Å². The zero-order valence-electron chi connectivity index (χ0n) is 12.6. The second-order valence-corrected chi connectivity index (χ2v) is 5.99. The number of hydrogen-bond donors (Lipinski definition) is 2. The first-order valence-electron chi connectivity index (χ1n) is 7.33. The summed E-state index contributed by atoms with van der Waals surface area (Å²) in [7, 11) is 0. The summed E-state index contributed by atoms with van der Waals surface area (Å²) in [5.74, 6) is 0.940. The average Bonchev–Trinajstić information content (AvgIpc) is 2.37. The van der Waals surface area contributed by atoms with Crippen LogP contribution in [0.1, 0.15) is 52.3 Å². The Labute approximate surface area is 117 Å². The molecule has 1 aromatic rings. The monoisotopic (exact) mass is 264 g/mol. The molecule has 1 heterocycles. The zero-order valence-corrected chi connectivity index (χ0v) is 12.6. The van der Waals surface area contributed by atoms with Crippen LogP contribution >= 0.6 is 0 Å². The molecule has 3 heteroatoms. The van der Waals surface area contributed by atoms with Gasteiger partial charge in [0.05, 0.1) is 11.8 Å². The summed E-state index contributed by atoms with van der Waals surface area (Å²) in [6.45, 7) is 9.37. The molecule has 0 bridgehead atoms. The van der Waals surface area contributed by atoms with Crippen molar-refractivity contribution in [2.24, 2.45) is 11.8 Å². The van der Waals surface area contributed by atoms with Crippen molar-refractivity contribution in [2.75, 3.05) is 6.54 Å². The van der Waals surface area contributed by atoms with E-state index in [9.17, 15) is 5.11 Å². The third-order valence-electron chi connectivity index (χ3n) is 3.35. The van der Waals surface area contributed by atoms with Crippen LogP contribution in [0.25, 0.3) is 0 Å². The average molecular weight is 264 g/mol. The topological polar surface area (TPSA) is 45.1 Å². The molecule has 0 aliphatic rings. The summed E-state index contributed by atoms with van der Waals surface area (Å²) >= 11 is 0. The lowest BCUT2D eigenvalue weighted by Gasteiger charge is -2.22. The molecule has 108 valence electrons. The molecule has 0 fully saturated rings. The summed E-state index contributed by atoms with van der Waals surface area (Å²) < 4.78 is 0. The summed E-state index contributed by atoms with van der Waals surface area (Å²) in [5, 5.41) is 13.4. The molecule has 1 aromatic heterocycles. The maximum atomic E-state index is 9.84. The van der Waals surface area contributed by atoms with Crippen molar-refractivity contribution in [3.63, 3.8) is 0 Å². The van der Waals surface area contributed by atoms with Gasteiger partial charge in [-0.25, -0.2) is 0 Å². The molecule has 2 atom stereocenters. The fourth-order valence-electron chi connectivity index (χ4n) is 2.10. The van der Waals surface area contributed by atoms with Crippen molar-refractivity contribution in [3.8, 4) is 0 Å². The van der Waals surface area contributed by atoms with E-state index < -0.39 is 0 Å². The van der Waals surface area contributed by atoms with E-state index in [1.165, 1.54) is 0 Å². The fourth-order valence-corrected chi connectivity index (χ4v) is 2.10. The predicted octanol–water partition coefficient (Wildman–Crippen LogP) is 3.17. The van der Waals surface area contributed by atoms with Gasteiger partial charge in [0.2, 0.25) is 0 Å². The second kappa shape index (κ2) is 8.28. The van der Waals surface area contributed by atoms with Gasteiger partial charge in [-0.1, -0.05) is 33.8 Å². The predicted molar refractivity (Wildman–Crippen MR) is 79.9 cm³/mol. The van der Waals surface area contributed by atoms with Gasteiger partial charge in [-0.2, -0.15) is 0 Å². The second-order valence-electron chi connectivity index (χ2n) is 5.99. The number of aromatic nitrogens is 1. The molecule has 0 spiro atoms. The van der Waals surface area contributed by atoms with Crippen LogP contribution in [-0.2, 0) is 0 Å². The van der Waals surface area contributed by atoms with Gasteiger partial charge in [-0.15, -0.1) is 0 Å². The minimum absolute atomic E-state index is 0.226. The summed E-state index contributed by atoms with van der Waals surface area (Å²) in [5.41, 5.74) is 1.09. The highest BCUT2D eigenvalue weighted by Crippen LogP contribution is 2.19. The van der Waals surface area contributed by atoms with Crippen molar-refractivity contribution in [3.05, 3.63) is 30.1 Å². The van der Waals surface area contributed by atoms with Crippen LogP contribution in [0.4, 0.5) is 0 Å². The number of nitrogens with one attached hydrogen (secondary N) is 1. The van der Waals surface area contributed by atoms with Crippen LogP contribution in [-0.4, -0.2) is 22.7 Å². The molecule has 0 saturated carbocycles. The summed E-state index contributed by atoms with van der Waals surface area (Å²) in [6, 6.07) is 6.32. The van der Waals surface area contributed by atoms with Crippen molar-refractivity contribution in [1.29, 1.82) is 0 Å². The van der Waals surface area contributed by atoms with Crippen molar-refractivity contribution < 1.29 is 5.11 Å². The van der Waals surface area contributed by atoms with Crippen molar-refractivity contribution in [2.45, 2.75) is 52.7 Å². The molecule has 3 nitrogen and oxygen atoms in total. The van der Waals surface area contributed by atoms with Gasteiger partial charge in [0.15, 0.2) is 0 Å². The van der Waals surface area contributed by atoms with Crippen LogP contribution in [0.15, 0.2) is 24.4 Å².